The average molecular weight is 347 g/mol. The maximum absolute atomic E-state index is 4.60. The Kier molecular flexibility index (Phi) is 4.03. The van der Waals surface area contributed by atoms with Crippen molar-refractivity contribution in [2.24, 2.45) is 0 Å². The first-order valence-corrected chi connectivity index (χ1v) is 8.17. The van der Waals surface area contributed by atoms with E-state index in [1.54, 1.807) is 11.3 Å². The molecule has 0 radical (unpaired) electrons. The summed E-state index contributed by atoms with van der Waals surface area (Å²) in [4.78, 5) is 4.60. The molecule has 0 aliphatic carbocycles. The number of nitrogens with zero attached hydrogens (tertiary/aromatic N) is 1. The molecular formula is C16H15BrN2S. The van der Waals surface area contributed by atoms with Crippen LogP contribution in [0.25, 0.3) is 10.2 Å². The highest BCUT2D eigenvalue weighted by atomic mass is 79.9. The van der Waals surface area contributed by atoms with Crippen LogP contribution in [0.2, 0.25) is 0 Å². The minimum absolute atomic E-state index is 0.907. The van der Waals surface area contributed by atoms with Crippen LogP contribution in [0.15, 0.2) is 46.9 Å². The number of hydrogen-bond donors (Lipinski definition) is 1. The Hall–Kier alpha value is -1.39. The van der Waals surface area contributed by atoms with E-state index in [1.807, 2.05) is 0 Å². The molecule has 0 saturated carbocycles. The lowest BCUT2D eigenvalue weighted by Crippen LogP contribution is -2.04. The van der Waals surface area contributed by atoms with Crippen LogP contribution >= 0.6 is 27.3 Å². The molecule has 4 heteroatoms. The van der Waals surface area contributed by atoms with Crippen LogP contribution < -0.4 is 5.32 Å². The number of aryl methyl sites for hydroxylation is 1. The van der Waals surface area contributed by atoms with Crippen molar-refractivity contribution >= 4 is 42.6 Å². The number of fused-ring (bicyclic) bond motifs is 1. The molecule has 20 heavy (non-hydrogen) atoms. The smallest absolute Gasteiger partial charge is 0.183 e. The number of rotatable bonds is 4. The Morgan fingerprint density at radius 1 is 1.20 bits per heavy atom. The maximum atomic E-state index is 4.60. The number of anilines is 1. The molecule has 0 fully saturated rings. The average Bonchev–Trinajstić information content (AvgIpc) is 2.80. The molecule has 0 spiro atoms. The maximum Gasteiger partial charge on any atom is 0.183 e. The number of nitrogens with one attached hydrogen (secondary N) is 1. The van der Waals surface area contributed by atoms with Crippen molar-refractivity contribution in [3.8, 4) is 0 Å². The summed E-state index contributed by atoms with van der Waals surface area (Å²) in [5.74, 6) is 0. The Morgan fingerprint density at radius 3 is 2.95 bits per heavy atom. The van der Waals surface area contributed by atoms with Crippen LogP contribution in [0.3, 0.4) is 0 Å². The number of hydrogen-bond acceptors (Lipinski definition) is 3. The Morgan fingerprint density at radius 2 is 2.10 bits per heavy atom. The van der Waals surface area contributed by atoms with Gasteiger partial charge in [0.1, 0.15) is 0 Å². The van der Waals surface area contributed by atoms with Gasteiger partial charge in [-0.3, -0.25) is 0 Å². The van der Waals surface area contributed by atoms with E-state index in [9.17, 15) is 0 Å². The highest BCUT2D eigenvalue weighted by Crippen LogP contribution is 2.28. The van der Waals surface area contributed by atoms with Crippen molar-refractivity contribution in [1.29, 1.82) is 0 Å². The molecule has 2 nitrogen and oxygen atoms in total. The number of thiazole rings is 1. The second-order valence-electron chi connectivity index (χ2n) is 4.80. The van der Waals surface area contributed by atoms with E-state index >= 15 is 0 Å². The lowest BCUT2D eigenvalue weighted by atomic mass is 10.1. The van der Waals surface area contributed by atoms with E-state index in [0.717, 1.165) is 28.1 Å². The van der Waals surface area contributed by atoms with Gasteiger partial charge in [-0.2, -0.15) is 0 Å². The van der Waals surface area contributed by atoms with Crippen molar-refractivity contribution in [1.82, 2.24) is 4.98 Å². The van der Waals surface area contributed by atoms with Crippen molar-refractivity contribution in [2.45, 2.75) is 13.3 Å². The molecule has 0 saturated heterocycles. The predicted octanol–water partition coefficient (Wildman–Crippen LogP) is 5.02. The highest BCUT2D eigenvalue weighted by Gasteiger charge is 2.03. The van der Waals surface area contributed by atoms with Gasteiger partial charge in [-0.1, -0.05) is 57.1 Å². The quantitative estimate of drug-likeness (QED) is 0.717. The van der Waals surface area contributed by atoms with Crippen molar-refractivity contribution in [3.05, 3.63) is 58.1 Å². The van der Waals surface area contributed by atoms with Crippen LogP contribution in [0.1, 0.15) is 11.1 Å². The molecule has 102 valence electrons. The van der Waals surface area contributed by atoms with Crippen LogP contribution in [-0.2, 0) is 6.42 Å². The fraction of sp³-hybridized carbons (Fsp3) is 0.188. The molecule has 2 aromatic carbocycles. The molecule has 0 unspecified atom stereocenters. The van der Waals surface area contributed by atoms with Crippen LogP contribution in [0, 0.1) is 6.92 Å². The molecule has 0 amide bonds. The van der Waals surface area contributed by atoms with Gasteiger partial charge >= 0.3 is 0 Å². The van der Waals surface area contributed by atoms with Crippen LogP contribution in [-0.4, -0.2) is 11.5 Å². The summed E-state index contributed by atoms with van der Waals surface area (Å²) in [5, 5.41) is 4.41. The van der Waals surface area contributed by atoms with E-state index in [1.165, 1.54) is 15.8 Å². The third kappa shape index (κ3) is 3.19. The van der Waals surface area contributed by atoms with Gasteiger partial charge in [0.25, 0.3) is 0 Å². The second-order valence-corrected chi connectivity index (χ2v) is 6.74. The highest BCUT2D eigenvalue weighted by molar-refractivity contribution is 9.10. The van der Waals surface area contributed by atoms with Gasteiger partial charge in [0.15, 0.2) is 5.13 Å². The number of benzene rings is 2. The summed E-state index contributed by atoms with van der Waals surface area (Å²) in [6.07, 6.45) is 1.02. The van der Waals surface area contributed by atoms with E-state index in [-0.39, 0.29) is 0 Å². The zero-order valence-electron chi connectivity index (χ0n) is 11.2. The largest absolute Gasteiger partial charge is 0.361 e. The first kappa shape index (κ1) is 13.6. The molecule has 0 atom stereocenters. The third-order valence-corrected chi connectivity index (χ3v) is 4.61. The topological polar surface area (TPSA) is 24.9 Å². The summed E-state index contributed by atoms with van der Waals surface area (Å²) >= 11 is 5.18. The molecular weight excluding hydrogens is 332 g/mol. The van der Waals surface area contributed by atoms with Gasteiger partial charge < -0.3 is 5.32 Å². The molecule has 1 N–H and O–H groups in total. The van der Waals surface area contributed by atoms with E-state index < -0.39 is 0 Å². The Bertz CT molecular complexity index is 736. The minimum Gasteiger partial charge on any atom is -0.361 e. The summed E-state index contributed by atoms with van der Waals surface area (Å²) in [6.45, 7) is 3.03. The third-order valence-electron chi connectivity index (χ3n) is 3.12. The van der Waals surface area contributed by atoms with Crippen LogP contribution in [0.4, 0.5) is 5.13 Å². The molecule has 3 rings (SSSR count). The number of halogens is 1. The van der Waals surface area contributed by atoms with Gasteiger partial charge in [-0.05, 0) is 37.1 Å². The first-order valence-electron chi connectivity index (χ1n) is 6.56. The van der Waals surface area contributed by atoms with Gasteiger partial charge in [0.2, 0.25) is 0 Å². The summed E-state index contributed by atoms with van der Waals surface area (Å²) in [7, 11) is 0. The van der Waals surface area contributed by atoms with E-state index in [0.29, 0.717) is 0 Å². The zero-order valence-corrected chi connectivity index (χ0v) is 13.6. The molecule has 3 aromatic rings. The van der Waals surface area contributed by atoms with E-state index in [4.69, 9.17) is 0 Å². The van der Waals surface area contributed by atoms with Gasteiger partial charge in [0.05, 0.1) is 10.2 Å². The Balaban J connectivity index is 1.65. The summed E-state index contributed by atoms with van der Waals surface area (Å²) < 4.78 is 2.29. The fourth-order valence-electron chi connectivity index (χ4n) is 2.16. The predicted molar refractivity (Wildman–Crippen MR) is 90.7 cm³/mol. The summed E-state index contributed by atoms with van der Waals surface area (Å²) in [6, 6.07) is 14.8. The monoisotopic (exact) mass is 346 g/mol. The lowest BCUT2D eigenvalue weighted by molar-refractivity contribution is 1.01. The standard InChI is InChI=1S/C16H15BrN2S/c1-11-3-2-4-12(9-11)7-8-18-16-19-14-10-13(17)5-6-15(14)20-16/h2-6,9-10H,7-8H2,1H3,(H,18,19). The van der Waals surface area contributed by atoms with Gasteiger partial charge in [0, 0.05) is 11.0 Å². The first-order chi connectivity index (χ1) is 9.70. The van der Waals surface area contributed by atoms with Crippen molar-refractivity contribution < 1.29 is 0 Å². The lowest BCUT2D eigenvalue weighted by Gasteiger charge is -2.03. The Labute approximate surface area is 131 Å². The second kappa shape index (κ2) is 5.94. The molecule has 1 heterocycles. The van der Waals surface area contributed by atoms with Gasteiger partial charge in [-0.15, -0.1) is 0 Å². The summed E-state index contributed by atoms with van der Waals surface area (Å²) in [5.41, 5.74) is 3.72. The SMILES string of the molecule is Cc1cccc(CCNc2nc3cc(Br)ccc3s2)c1. The number of aromatic nitrogens is 1. The molecule has 0 bridgehead atoms. The molecule has 0 aliphatic rings. The van der Waals surface area contributed by atoms with E-state index in [2.05, 4.69) is 75.6 Å². The molecule has 0 aliphatic heterocycles. The molecule has 1 aromatic heterocycles. The van der Waals surface area contributed by atoms with Gasteiger partial charge in [-0.25, -0.2) is 4.98 Å². The van der Waals surface area contributed by atoms with Crippen molar-refractivity contribution in [3.63, 3.8) is 0 Å². The van der Waals surface area contributed by atoms with Crippen LogP contribution in [0.5, 0.6) is 0 Å². The fourth-order valence-corrected chi connectivity index (χ4v) is 3.38. The van der Waals surface area contributed by atoms with Crippen molar-refractivity contribution in [2.75, 3.05) is 11.9 Å². The normalized spacial score (nSPS) is 10.9. The minimum atomic E-state index is 0.907. The zero-order chi connectivity index (χ0) is 13.9.